The molecule has 47 heavy (non-hydrogen) atoms. The maximum atomic E-state index is 12.8. The summed E-state index contributed by atoms with van der Waals surface area (Å²) >= 11 is 12.6. The normalized spacial score (nSPS) is 13.1. The molecule has 4 aromatic rings. The van der Waals surface area contributed by atoms with E-state index in [1.165, 1.54) is 12.4 Å². The molecule has 0 bridgehead atoms. The number of ether oxygens (including phenoxy) is 1. The van der Waals surface area contributed by atoms with Crippen molar-refractivity contribution in [1.82, 2.24) is 15.0 Å². The molecule has 0 spiro atoms. The van der Waals surface area contributed by atoms with Crippen LogP contribution in [0.4, 0.5) is 11.5 Å². The van der Waals surface area contributed by atoms with Gasteiger partial charge in [0.2, 0.25) is 5.71 Å². The highest BCUT2D eigenvalue weighted by Gasteiger charge is 2.33. The first-order valence-electron chi connectivity index (χ1n) is 14.4. The molecule has 2 aromatic carbocycles. The van der Waals surface area contributed by atoms with Gasteiger partial charge in [-0.15, -0.1) is 0 Å². The van der Waals surface area contributed by atoms with E-state index < -0.39 is 4.92 Å². The molecular weight excluding hydrogens is 643 g/mol. The van der Waals surface area contributed by atoms with Crippen molar-refractivity contribution >= 4 is 57.1 Å². The number of carbonyl (C=O) groups excluding carboxylic acids is 1. The van der Waals surface area contributed by atoms with Crippen LogP contribution >= 0.6 is 23.2 Å². The van der Waals surface area contributed by atoms with Crippen LogP contribution in [0.5, 0.6) is 5.75 Å². The first-order chi connectivity index (χ1) is 22.5. The fraction of sp³-hybridized carbons (Fsp3) is 0.212. The number of nitrogens with zero attached hydrogens (tertiary/aromatic N) is 7. The molecule has 1 aliphatic heterocycles. The average Bonchev–Trinajstić information content (AvgIpc) is 3.43. The maximum Gasteiger partial charge on any atom is 0.369 e. The van der Waals surface area contributed by atoms with Crippen molar-refractivity contribution in [3.8, 4) is 11.8 Å². The van der Waals surface area contributed by atoms with Crippen LogP contribution in [0.3, 0.4) is 0 Å². The summed E-state index contributed by atoms with van der Waals surface area (Å²) in [6.45, 7) is 1.06. The zero-order valence-corrected chi connectivity index (χ0v) is 27.0. The van der Waals surface area contributed by atoms with E-state index in [4.69, 9.17) is 33.2 Å². The minimum absolute atomic E-state index is 0.0503. The molecule has 3 heterocycles. The first kappa shape index (κ1) is 33.2. The number of hydrogen-bond donors (Lipinski definition) is 1. The summed E-state index contributed by atoms with van der Waals surface area (Å²) in [4.78, 5) is 40.6. The van der Waals surface area contributed by atoms with Gasteiger partial charge in [0.05, 0.1) is 55.8 Å². The van der Waals surface area contributed by atoms with Gasteiger partial charge in [-0.2, -0.15) is 5.26 Å². The van der Waals surface area contributed by atoms with E-state index in [0.717, 1.165) is 5.56 Å². The number of aromatic nitrogens is 3. The lowest BCUT2D eigenvalue weighted by Gasteiger charge is -2.28. The molecule has 1 N–H and O–H groups in total. The topological polar surface area (TPSA) is 156 Å². The van der Waals surface area contributed by atoms with E-state index in [9.17, 15) is 14.9 Å². The second-order valence-corrected chi connectivity index (χ2v) is 12.3. The molecule has 0 saturated heterocycles. The molecule has 0 unspecified atom stereocenters. The third kappa shape index (κ3) is 8.74. The molecule has 0 radical (unpaired) electrons. The summed E-state index contributed by atoms with van der Waals surface area (Å²) in [6.07, 6.45) is 6.44. The van der Waals surface area contributed by atoms with Gasteiger partial charge in [0, 0.05) is 21.8 Å². The fourth-order valence-electron chi connectivity index (χ4n) is 5.00. The van der Waals surface area contributed by atoms with Crippen molar-refractivity contribution in [1.29, 1.82) is 5.26 Å². The Balaban J connectivity index is 1.21. The Bertz CT molecular complexity index is 2000. The third-order valence-corrected chi connectivity index (χ3v) is 7.70. The molecule has 1 aliphatic rings. The number of ketones is 1. The minimum atomic E-state index is -0.563. The minimum Gasteiger partial charge on any atom is -0.487 e. The molecule has 2 aromatic heterocycles. The van der Waals surface area contributed by atoms with Crippen LogP contribution < -0.4 is 10.1 Å². The highest BCUT2D eigenvalue weighted by atomic mass is 35.5. The molecule has 0 amide bonds. The number of anilines is 2. The SMILES string of the molecule is C[N+](C)(C/C=C/C(=O)Cc1cc2c(Nc3ccc(OCc4cccc(Cl)c4)c(Cl)c3)ncnc2cn1)CC1=C([N+](=O)[O-])N=C(C#N)C1. The van der Waals surface area contributed by atoms with Gasteiger partial charge in [0.25, 0.3) is 0 Å². The van der Waals surface area contributed by atoms with Crippen LogP contribution in [-0.2, 0) is 17.8 Å². The Kier molecular flexibility index (Phi) is 10.2. The maximum absolute atomic E-state index is 12.8. The highest BCUT2D eigenvalue weighted by molar-refractivity contribution is 6.32. The van der Waals surface area contributed by atoms with Crippen LogP contribution in [0.2, 0.25) is 10.0 Å². The van der Waals surface area contributed by atoms with E-state index in [1.54, 1.807) is 36.5 Å². The van der Waals surface area contributed by atoms with Crippen molar-refractivity contribution < 1.29 is 18.9 Å². The fourth-order valence-corrected chi connectivity index (χ4v) is 5.44. The lowest BCUT2D eigenvalue weighted by atomic mass is 10.1. The zero-order valence-electron chi connectivity index (χ0n) is 25.5. The third-order valence-electron chi connectivity index (χ3n) is 7.17. The summed E-state index contributed by atoms with van der Waals surface area (Å²) in [6, 6.07) is 16.4. The second-order valence-electron chi connectivity index (χ2n) is 11.5. The molecule has 0 aliphatic carbocycles. The van der Waals surface area contributed by atoms with Gasteiger partial charge in [-0.25, -0.2) is 9.97 Å². The summed E-state index contributed by atoms with van der Waals surface area (Å²) in [5.74, 6) is 0.601. The number of aliphatic imine (C=N–C) groups is 1. The number of pyridine rings is 1. The van der Waals surface area contributed by atoms with Crippen LogP contribution in [0, 0.1) is 21.4 Å². The summed E-state index contributed by atoms with van der Waals surface area (Å²) in [5, 5.41) is 25.5. The number of nitriles is 1. The van der Waals surface area contributed by atoms with Crippen LogP contribution in [0.1, 0.15) is 17.7 Å². The monoisotopic (exact) mass is 671 g/mol. The molecule has 0 saturated carbocycles. The number of rotatable bonds is 13. The number of allylic oxidation sites excluding steroid dienone is 1. The van der Waals surface area contributed by atoms with E-state index in [2.05, 4.69) is 25.3 Å². The molecule has 238 valence electrons. The van der Waals surface area contributed by atoms with Crippen molar-refractivity contribution in [2.45, 2.75) is 19.4 Å². The van der Waals surface area contributed by atoms with Gasteiger partial charge in [-0.1, -0.05) is 35.3 Å². The Morgan fingerprint density at radius 1 is 1.17 bits per heavy atom. The Hall–Kier alpha value is -5.22. The lowest BCUT2D eigenvalue weighted by molar-refractivity contribution is -0.880. The Morgan fingerprint density at radius 3 is 2.74 bits per heavy atom. The van der Waals surface area contributed by atoms with Gasteiger partial charge in [-0.05, 0) is 64.0 Å². The van der Waals surface area contributed by atoms with E-state index in [0.29, 0.717) is 73.6 Å². The van der Waals surface area contributed by atoms with Crippen LogP contribution in [0.15, 0.2) is 89.6 Å². The molecule has 5 rings (SSSR count). The number of fused-ring (bicyclic) bond motifs is 1. The van der Waals surface area contributed by atoms with E-state index >= 15 is 0 Å². The van der Waals surface area contributed by atoms with Gasteiger partial charge in [0.15, 0.2) is 5.78 Å². The van der Waals surface area contributed by atoms with Gasteiger partial charge >= 0.3 is 5.82 Å². The number of hydrogen-bond acceptors (Lipinski definition) is 10. The number of nitro groups is 1. The molecule has 0 atom stereocenters. The molecule has 14 heteroatoms. The molecule has 12 nitrogen and oxygen atoms in total. The standard InChI is InChI=1S/C33H29Cl2N8O4/c1-43(2,18-22-12-26(16-36)41-33(22)42(45)46)10-4-7-27(44)13-25-14-28-30(17-37-25)38-20-39-32(28)40-24-8-9-31(29(35)15-24)47-19-21-5-3-6-23(34)11-21/h3-9,11,14-15,17,20H,10,12-13,18-19H2,1-2H3,(H,38,39,40)/q+1/b7-4+. The summed E-state index contributed by atoms with van der Waals surface area (Å²) < 4.78 is 6.21. The second kappa shape index (κ2) is 14.5. The van der Waals surface area contributed by atoms with E-state index in [-0.39, 0.29) is 30.2 Å². The average molecular weight is 673 g/mol. The van der Waals surface area contributed by atoms with Crippen molar-refractivity contribution in [3.05, 3.63) is 116 Å². The van der Waals surface area contributed by atoms with Crippen LogP contribution in [0.25, 0.3) is 10.9 Å². The molecular formula is C33H29Cl2N8O4+. The Morgan fingerprint density at radius 2 is 2.00 bits per heavy atom. The van der Waals surface area contributed by atoms with Crippen molar-refractivity contribution in [2.75, 3.05) is 32.5 Å². The smallest absolute Gasteiger partial charge is 0.369 e. The molecule has 0 fully saturated rings. The van der Waals surface area contributed by atoms with Crippen molar-refractivity contribution in [2.24, 2.45) is 4.99 Å². The highest BCUT2D eigenvalue weighted by Crippen LogP contribution is 2.31. The quantitative estimate of drug-likeness (QED) is 0.0750. The van der Waals surface area contributed by atoms with Gasteiger partial charge < -0.3 is 24.7 Å². The largest absolute Gasteiger partial charge is 0.487 e. The first-order valence-corrected chi connectivity index (χ1v) is 15.1. The Labute approximate surface area is 280 Å². The number of halogens is 2. The predicted molar refractivity (Wildman–Crippen MR) is 179 cm³/mol. The summed E-state index contributed by atoms with van der Waals surface area (Å²) in [7, 11) is 3.77. The van der Waals surface area contributed by atoms with E-state index in [1.807, 2.05) is 44.4 Å². The van der Waals surface area contributed by atoms with Gasteiger partial charge in [0.1, 0.15) is 37.1 Å². The summed E-state index contributed by atoms with van der Waals surface area (Å²) in [5.41, 5.74) is 3.35. The zero-order chi connectivity index (χ0) is 33.6. The lowest BCUT2D eigenvalue weighted by Crippen LogP contribution is -2.41. The predicted octanol–water partition coefficient (Wildman–Crippen LogP) is 6.25. The number of benzene rings is 2. The number of quaternary nitrogens is 1. The number of likely N-dealkylation sites (N-methyl/N-ethyl adjacent to an activating group) is 1. The van der Waals surface area contributed by atoms with Crippen molar-refractivity contribution in [3.63, 3.8) is 0 Å². The van der Waals surface area contributed by atoms with Gasteiger partial charge in [-0.3, -0.25) is 9.78 Å². The number of nitrogens with one attached hydrogen (secondary N) is 1. The van der Waals surface area contributed by atoms with Crippen LogP contribution in [-0.4, -0.2) is 63.0 Å². The number of carbonyl (C=O) groups is 1.